The van der Waals surface area contributed by atoms with Crippen molar-refractivity contribution in [2.24, 2.45) is 0 Å². The quantitative estimate of drug-likeness (QED) is 0.782. The molecule has 0 saturated carbocycles. The van der Waals surface area contributed by atoms with Gasteiger partial charge in [0.1, 0.15) is 0 Å². The molecule has 4 heteroatoms. The number of aromatic nitrogens is 1. The topological polar surface area (TPSA) is 45.2 Å². The minimum absolute atomic E-state index is 0.0267. The predicted molar refractivity (Wildman–Crippen MR) is 90.3 cm³/mol. The first-order valence-corrected chi connectivity index (χ1v) is 7.50. The minimum Gasteiger partial charge on any atom is -0.359 e. The predicted octanol–water partition coefficient (Wildman–Crippen LogP) is 3.85. The first-order valence-electron chi connectivity index (χ1n) is 7.50. The van der Waals surface area contributed by atoms with Crippen molar-refractivity contribution >= 4 is 17.3 Å². The zero-order valence-corrected chi connectivity index (χ0v) is 12.4. The van der Waals surface area contributed by atoms with E-state index >= 15 is 0 Å². The van der Waals surface area contributed by atoms with Gasteiger partial charge in [0.15, 0.2) is 6.17 Å². The Morgan fingerprint density at radius 1 is 0.870 bits per heavy atom. The maximum atomic E-state index is 13.1. The fourth-order valence-electron chi connectivity index (χ4n) is 2.85. The molecule has 0 spiro atoms. The smallest absolute Gasteiger partial charge is 0.262 e. The van der Waals surface area contributed by atoms with Gasteiger partial charge in [-0.2, -0.15) is 0 Å². The number of carbonyl (C=O) groups is 1. The summed E-state index contributed by atoms with van der Waals surface area (Å²) >= 11 is 0. The van der Waals surface area contributed by atoms with Gasteiger partial charge in [0.2, 0.25) is 0 Å². The molecule has 2 aromatic carbocycles. The summed E-state index contributed by atoms with van der Waals surface area (Å²) in [6, 6.07) is 23.0. The molecule has 23 heavy (non-hydrogen) atoms. The third kappa shape index (κ3) is 2.34. The summed E-state index contributed by atoms with van der Waals surface area (Å²) in [7, 11) is 0. The number of fused-ring (bicyclic) bond motifs is 1. The van der Waals surface area contributed by atoms with Crippen LogP contribution >= 0.6 is 0 Å². The van der Waals surface area contributed by atoms with Crippen molar-refractivity contribution in [3.63, 3.8) is 0 Å². The summed E-state index contributed by atoms with van der Waals surface area (Å²) in [5.41, 5.74) is 3.15. The van der Waals surface area contributed by atoms with E-state index < -0.39 is 0 Å². The van der Waals surface area contributed by atoms with Crippen LogP contribution in [-0.2, 0) is 0 Å². The SMILES string of the molecule is O=C1c2ccccc2N[C@@H](c2ccccn2)N1c1ccccc1. The highest BCUT2D eigenvalue weighted by atomic mass is 16.2. The Labute approximate surface area is 134 Å². The largest absolute Gasteiger partial charge is 0.359 e. The van der Waals surface area contributed by atoms with Crippen LogP contribution in [0.3, 0.4) is 0 Å². The fraction of sp³-hybridized carbons (Fsp3) is 0.0526. The second-order valence-electron chi connectivity index (χ2n) is 5.36. The maximum Gasteiger partial charge on any atom is 0.262 e. The van der Waals surface area contributed by atoms with E-state index in [1.54, 1.807) is 11.1 Å². The summed E-state index contributed by atoms with van der Waals surface area (Å²) in [6.07, 6.45) is 1.41. The normalized spacial score (nSPS) is 16.6. The number of anilines is 2. The summed E-state index contributed by atoms with van der Waals surface area (Å²) in [6.45, 7) is 0. The van der Waals surface area contributed by atoms with E-state index in [0.717, 1.165) is 17.1 Å². The average molecular weight is 301 g/mol. The summed E-state index contributed by atoms with van der Waals surface area (Å²) in [5.74, 6) is -0.0267. The Kier molecular flexibility index (Phi) is 3.27. The van der Waals surface area contributed by atoms with Gasteiger partial charge in [-0.25, -0.2) is 0 Å². The molecule has 0 fully saturated rings. The fourth-order valence-corrected chi connectivity index (χ4v) is 2.85. The van der Waals surface area contributed by atoms with E-state index in [-0.39, 0.29) is 12.1 Å². The zero-order chi connectivity index (χ0) is 15.6. The number of nitrogens with zero attached hydrogens (tertiary/aromatic N) is 2. The number of rotatable bonds is 2. The third-order valence-corrected chi connectivity index (χ3v) is 3.93. The molecule has 0 aliphatic carbocycles. The molecule has 112 valence electrons. The van der Waals surface area contributed by atoms with Gasteiger partial charge < -0.3 is 5.32 Å². The molecular formula is C19H15N3O. The molecule has 1 atom stereocenters. The van der Waals surface area contributed by atoms with Crippen LogP contribution in [-0.4, -0.2) is 10.9 Å². The molecule has 4 nitrogen and oxygen atoms in total. The van der Waals surface area contributed by atoms with Gasteiger partial charge in [-0.1, -0.05) is 36.4 Å². The Hall–Kier alpha value is -3.14. The number of amides is 1. The van der Waals surface area contributed by atoms with Crippen LogP contribution in [0.15, 0.2) is 79.0 Å². The van der Waals surface area contributed by atoms with Crippen molar-refractivity contribution in [3.05, 3.63) is 90.3 Å². The Morgan fingerprint density at radius 2 is 1.61 bits per heavy atom. The van der Waals surface area contributed by atoms with Gasteiger partial charge in [-0.05, 0) is 36.4 Å². The second-order valence-corrected chi connectivity index (χ2v) is 5.36. The molecule has 1 aromatic heterocycles. The standard InChI is InChI=1S/C19H15N3O/c23-19-15-10-4-5-11-16(15)21-18(17-12-6-7-13-20-17)22(19)14-8-2-1-3-9-14/h1-13,18,21H/t18-/m1/s1. The number of para-hydroxylation sites is 2. The summed E-state index contributed by atoms with van der Waals surface area (Å²) < 4.78 is 0. The van der Waals surface area contributed by atoms with Gasteiger partial charge in [0.05, 0.1) is 11.3 Å². The van der Waals surface area contributed by atoms with Crippen LogP contribution in [0.25, 0.3) is 0 Å². The van der Waals surface area contributed by atoms with Crippen LogP contribution in [0, 0.1) is 0 Å². The highest BCUT2D eigenvalue weighted by Gasteiger charge is 2.34. The Morgan fingerprint density at radius 3 is 2.39 bits per heavy atom. The van der Waals surface area contributed by atoms with Gasteiger partial charge in [0, 0.05) is 17.6 Å². The first-order chi connectivity index (χ1) is 11.3. The lowest BCUT2D eigenvalue weighted by molar-refractivity contribution is 0.0974. The lowest BCUT2D eigenvalue weighted by Gasteiger charge is -2.37. The molecule has 2 heterocycles. The van der Waals surface area contributed by atoms with E-state index in [9.17, 15) is 4.79 Å². The minimum atomic E-state index is -0.332. The van der Waals surface area contributed by atoms with E-state index in [1.165, 1.54) is 0 Å². The van der Waals surface area contributed by atoms with Crippen molar-refractivity contribution in [2.75, 3.05) is 10.2 Å². The van der Waals surface area contributed by atoms with Gasteiger partial charge in [0.25, 0.3) is 5.91 Å². The molecule has 0 bridgehead atoms. The van der Waals surface area contributed by atoms with Crippen LogP contribution in [0.2, 0.25) is 0 Å². The zero-order valence-electron chi connectivity index (χ0n) is 12.4. The molecule has 1 aliphatic heterocycles. The molecule has 0 unspecified atom stereocenters. The molecular weight excluding hydrogens is 286 g/mol. The maximum absolute atomic E-state index is 13.1. The van der Waals surface area contributed by atoms with Crippen molar-refractivity contribution in [2.45, 2.75) is 6.17 Å². The summed E-state index contributed by atoms with van der Waals surface area (Å²) in [5, 5.41) is 3.43. The van der Waals surface area contributed by atoms with Gasteiger partial charge in [-0.15, -0.1) is 0 Å². The van der Waals surface area contributed by atoms with Crippen molar-refractivity contribution < 1.29 is 4.79 Å². The molecule has 1 N–H and O–H groups in total. The highest BCUT2D eigenvalue weighted by molar-refractivity contribution is 6.12. The second kappa shape index (κ2) is 5.57. The van der Waals surface area contributed by atoms with Gasteiger partial charge >= 0.3 is 0 Å². The third-order valence-electron chi connectivity index (χ3n) is 3.93. The van der Waals surface area contributed by atoms with Crippen molar-refractivity contribution in [1.29, 1.82) is 0 Å². The lowest BCUT2D eigenvalue weighted by Crippen LogP contribution is -2.43. The van der Waals surface area contributed by atoms with Crippen LogP contribution in [0.5, 0.6) is 0 Å². The lowest BCUT2D eigenvalue weighted by atomic mass is 10.0. The Bertz CT molecular complexity index is 834. The van der Waals surface area contributed by atoms with E-state index in [1.807, 2.05) is 72.8 Å². The summed E-state index contributed by atoms with van der Waals surface area (Å²) in [4.78, 5) is 19.2. The van der Waals surface area contributed by atoms with E-state index in [2.05, 4.69) is 10.3 Å². The molecule has 1 aliphatic rings. The number of pyridine rings is 1. The first kappa shape index (κ1) is 13.5. The monoisotopic (exact) mass is 301 g/mol. The number of benzene rings is 2. The molecule has 0 saturated heterocycles. The van der Waals surface area contributed by atoms with Gasteiger partial charge in [-0.3, -0.25) is 14.7 Å². The number of carbonyl (C=O) groups excluding carboxylic acids is 1. The number of hydrogen-bond donors (Lipinski definition) is 1. The number of nitrogens with one attached hydrogen (secondary N) is 1. The number of hydrogen-bond acceptors (Lipinski definition) is 3. The average Bonchev–Trinajstić information content (AvgIpc) is 2.63. The highest BCUT2D eigenvalue weighted by Crippen LogP contribution is 2.35. The molecule has 0 radical (unpaired) electrons. The van der Waals surface area contributed by atoms with Crippen LogP contribution < -0.4 is 10.2 Å². The van der Waals surface area contributed by atoms with Crippen molar-refractivity contribution in [3.8, 4) is 0 Å². The van der Waals surface area contributed by atoms with E-state index in [0.29, 0.717) is 5.56 Å². The van der Waals surface area contributed by atoms with E-state index in [4.69, 9.17) is 0 Å². The molecule has 3 aromatic rings. The molecule has 1 amide bonds. The van der Waals surface area contributed by atoms with Crippen LogP contribution in [0.1, 0.15) is 22.2 Å². The Balaban J connectivity index is 1.87. The molecule has 4 rings (SSSR count). The van der Waals surface area contributed by atoms with Crippen molar-refractivity contribution in [1.82, 2.24) is 4.98 Å². The van der Waals surface area contributed by atoms with Crippen LogP contribution in [0.4, 0.5) is 11.4 Å².